The van der Waals surface area contributed by atoms with Crippen LogP contribution in [-0.4, -0.2) is 21.0 Å². The molecule has 0 aliphatic carbocycles. The molecule has 2 rings (SSSR count). The van der Waals surface area contributed by atoms with Gasteiger partial charge in [-0.2, -0.15) is 5.10 Å². The van der Waals surface area contributed by atoms with Gasteiger partial charge in [-0.15, -0.1) is 0 Å². The number of hydrogen-bond donors (Lipinski definition) is 0. The largest absolute Gasteiger partial charge is 0.296 e. The van der Waals surface area contributed by atoms with E-state index in [1.54, 1.807) is 12.1 Å². The molecule has 0 spiro atoms. The summed E-state index contributed by atoms with van der Waals surface area (Å²) in [5.41, 5.74) is 0.461. The summed E-state index contributed by atoms with van der Waals surface area (Å²) in [6, 6.07) is 7.61. The Morgan fingerprint density at radius 1 is 1.31 bits per heavy atom. The Morgan fingerprint density at radius 2 is 2.06 bits per heavy atom. The van der Waals surface area contributed by atoms with Gasteiger partial charge in [-0.1, -0.05) is 12.1 Å². The lowest BCUT2D eigenvalue weighted by atomic mass is 10.2. The number of benzene rings is 1. The maximum Gasteiger partial charge on any atom is 0.294 e. The van der Waals surface area contributed by atoms with Crippen molar-refractivity contribution in [1.82, 2.24) is 9.78 Å². The van der Waals surface area contributed by atoms with Gasteiger partial charge < -0.3 is 0 Å². The highest BCUT2D eigenvalue weighted by Crippen LogP contribution is 2.22. The standard InChI is InChI=1S/C10H7N3O3/c14-7-8-5-6-11-12(8)9-3-1-2-4-10(9)13(15)16/h1-7H. The number of aromatic nitrogens is 2. The van der Waals surface area contributed by atoms with Crippen LogP contribution >= 0.6 is 0 Å². The lowest BCUT2D eigenvalue weighted by Crippen LogP contribution is -2.04. The first-order chi connectivity index (χ1) is 7.74. The minimum atomic E-state index is -0.508. The first-order valence-corrected chi connectivity index (χ1v) is 4.47. The third-order valence-electron chi connectivity index (χ3n) is 2.10. The Labute approximate surface area is 90.3 Å². The van der Waals surface area contributed by atoms with E-state index in [0.29, 0.717) is 6.29 Å². The van der Waals surface area contributed by atoms with Crippen LogP contribution in [0.1, 0.15) is 10.5 Å². The first-order valence-electron chi connectivity index (χ1n) is 4.47. The van der Waals surface area contributed by atoms with Crippen LogP contribution in [0.2, 0.25) is 0 Å². The topological polar surface area (TPSA) is 78.0 Å². The van der Waals surface area contributed by atoms with Crippen molar-refractivity contribution in [1.29, 1.82) is 0 Å². The number of nitro groups is 1. The van der Waals surface area contributed by atoms with Crippen LogP contribution in [-0.2, 0) is 0 Å². The van der Waals surface area contributed by atoms with Crippen molar-refractivity contribution in [2.75, 3.05) is 0 Å². The molecular formula is C10H7N3O3. The highest BCUT2D eigenvalue weighted by Gasteiger charge is 2.16. The molecule has 0 fully saturated rings. The van der Waals surface area contributed by atoms with Crippen molar-refractivity contribution in [3.05, 3.63) is 52.3 Å². The summed E-state index contributed by atoms with van der Waals surface area (Å²) in [6.45, 7) is 0. The van der Waals surface area contributed by atoms with Crippen LogP contribution in [0.25, 0.3) is 5.69 Å². The molecule has 1 heterocycles. The van der Waals surface area contributed by atoms with E-state index in [1.807, 2.05) is 0 Å². The zero-order valence-electron chi connectivity index (χ0n) is 8.11. The average Bonchev–Trinajstić information content (AvgIpc) is 2.76. The van der Waals surface area contributed by atoms with Crippen LogP contribution in [0.5, 0.6) is 0 Å². The number of aldehydes is 1. The van der Waals surface area contributed by atoms with Gasteiger partial charge in [0.25, 0.3) is 5.69 Å². The highest BCUT2D eigenvalue weighted by atomic mass is 16.6. The number of nitro benzene ring substituents is 1. The van der Waals surface area contributed by atoms with Gasteiger partial charge in [-0.25, -0.2) is 4.68 Å². The van der Waals surface area contributed by atoms with Crippen LogP contribution in [0.3, 0.4) is 0 Å². The molecule has 1 aromatic heterocycles. The molecule has 6 heteroatoms. The predicted molar refractivity (Wildman–Crippen MR) is 55.6 cm³/mol. The molecule has 2 aromatic rings. The van der Waals surface area contributed by atoms with Crippen LogP contribution in [0.15, 0.2) is 36.5 Å². The fourth-order valence-corrected chi connectivity index (χ4v) is 1.40. The summed E-state index contributed by atoms with van der Waals surface area (Å²) < 4.78 is 1.24. The number of hydrogen-bond acceptors (Lipinski definition) is 4. The number of carbonyl (C=O) groups is 1. The number of rotatable bonds is 3. The third-order valence-corrected chi connectivity index (χ3v) is 2.10. The molecular weight excluding hydrogens is 210 g/mol. The van der Waals surface area contributed by atoms with Gasteiger partial charge in [0.15, 0.2) is 6.29 Å². The van der Waals surface area contributed by atoms with E-state index >= 15 is 0 Å². The maximum absolute atomic E-state index is 10.8. The molecule has 0 saturated heterocycles. The molecule has 0 unspecified atom stereocenters. The Hall–Kier alpha value is -2.50. The molecule has 80 valence electrons. The van der Waals surface area contributed by atoms with Crippen molar-refractivity contribution in [2.45, 2.75) is 0 Å². The summed E-state index contributed by atoms with van der Waals surface area (Å²) in [5, 5.41) is 14.7. The Balaban J connectivity index is 2.64. The Kier molecular flexibility index (Phi) is 2.47. The van der Waals surface area contributed by atoms with Gasteiger partial charge in [0.2, 0.25) is 0 Å². The van der Waals surface area contributed by atoms with Crippen LogP contribution < -0.4 is 0 Å². The molecule has 0 radical (unpaired) electrons. The smallest absolute Gasteiger partial charge is 0.294 e. The normalized spacial score (nSPS) is 10.0. The van der Waals surface area contributed by atoms with Gasteiger partial charge in [-0.3, -0.25) is 14.9 Å². The monoisotopic (exact) mass is 217 g/mol. The molecule has 0 aliphatic rings. The predicted octanol–water partition coefficient (Wildman–Crippen LogP) is 1.59. The molecule has 0 bridgehead atoms. The molecule has 16 heavy (non-hydrogen) atoms. The number of para-hydroxylation sites is 2. The van der Waals surface area contributed by atoms with Gasteiger partial charge in [0.05, 0.1) is 11.1 Å². The average molecular weight is 217 g/mol. The molecule has 0 N–H and O–H groups in total. The summed E-state index contributed by atoms with van der Waals surface area (Å²) in [7, 11) is 0. The summed E-state index contributed by atoms with van der Waals surface area (Å²) in [6.07, 6.45) is 2.02. The zero-order valence-corrected chi connectivity index (χ0v) is 8.11. The van der Waals surface area contributed by atoms with Crippen molar-refractivity contribution >= 4 is 12.0 Å². The van der Waals surface area contributed by atoms with E-state index in [1.165, 1.54) is 29.1 Å². The lowest BCUT2D eigenvalue weighted by molar-refractivity contribution is -0.384. The second-order valence-electron chi connectivity index (χ2n) is 3.03. The SMILES string of the molecule is O=Cc1ccnn1-c1ccccc1[N+](=O)[O-]. The summed E-state index contributed by atoms with van der Waals surface area (Å²) in [4.78, 5) is 21.0. The van der Waals surface area contributed by atoms with Gasteiger partial charge >= 0.3 is 0 Å². The number of carbonyl (C=O) groups excluding carboxylic acids is 1. The second-order valence-corrected chi connectivity index (χ2v) is 3.03. The Morgan fingerprint density at radius 3 is 2.75 bits per heavy atom. The second kappa shape index (κ2) is 3.93. The molecule has 6 nitrogen and oxygen atoms in total. The van der Waals surface area contributed by atoms with Crippen LogP contribution in [0, 0.1) is 10.1 Å². The highest BCUT2D eigenvalue weighted by molar-refractivity contribution is 5.74. The van der Waals surface area contributed by atoms with Crippen LogP contribution in [0.4, 0.5) is 5.69 Å². The first kappa shape index (κ1) is 10.0. The molecule has 0 amide bonds. The van der Waals surface area contributed by atoms with Crippen molar-refractivity contribution in [2.24, 2.45) is 0 Å². The van der Waals surface area contributed by atoms with E-state index in [-0.39, 0.29) is 17.1 Å². The maximum atomic E-state index is 10.8. The van der Waals surface area contributed by atoms with E-state index in [9.17, 15) is 14.9 Å². The van der Waals surface area contributed by atoms with Crippen molar-refractivity contribution in [3.63, 3.8) is 0 Å². The van der Waals surface area contributed by atoms with Gasteiger partial charge in [0, 0.05) is 6.07 Å². The fourth-order valence-electron chi connectivity index (χ4n) is 1.40. The van der Waals surface area contributed by atoms with E-state index in [0.717, 1.165) is 0 Å². The van der Waals surface area contributed by atoms with Crippen molar-refractivity contribution in [3.8, 4) is 5.69 Å². The third kappa shape index (κ3) is 1.56. The van der Waals surface area contributed by atoms with Gasteiger partial charge in [-0.05, 0) is 12.1 Å². The summed E-state index contributed by atoms with van der Waals surface area (Å²) >= 11 is 0. The summed E-state index contributed by atoms with van der Waals surface area (Å²) in [5.74, 6) is 0. The molecule has 0 atom stereocenters. The minimum Gasteiger partial charge on any atom is -0.296 e. The fraction of sp³-hybridized carbons (Fsp3) is 0. The quantitative estimate of drug-likeness (QED) is 0.444. The van der Waals surface area contributed by atoms with Crippen molar-refractivity contribution < 1.29 is 9.72 Å². The lowest BCUT2D eigenvalue weighted by Gasteiger charge is -2.03. The van der Waals surface area contributed by atoms with Gasteiger partial charge in [0.1, 0.15) is 11.4 Å². The molecule has 0 saturated carbocycles. The Bertz CT molecular complexity index is 548. The zero-order chi connectivity index (χ0) is 11.5. The van der Waals surface area contributed by atoms with E-state index in [4.69, 9.17) is 0 Å². The molecule has 0 aliphatic heterocycles. The van der Waals surface area contributed by atoms with E-state index < -0.39 is 4.92 Å². The molecule has 1 aromatic carbocycles. The number of nitrogens with zero attached hydrogens (tertiary/aromatic N) is 3. The van der Waals surface area contributed by atoms with E-state index in [2.05, 4.69) is 5.10 Å². The minimum absolute atomic E-state index is 0.0886.